The van der Waals surface area contributed by atoms with Crippen LogP contribution in [0.5, 0.6) is 0 Å². The molecule has 0 N–H and O–H groups in total. The third kappa shape index (κ3) is 4.84. The van der Waals surface area contributed by atoms with E-state index in [9.17, 15) is 4.79 Å². The van der Waals surface area contributed by atoms with E-state index < -0.39 is 0 Å². The largest absolute Gasteiger partial charge is 0.463 e. The van der Waals surface area contributed by atoms with Gasteiger partial charge in [0.05, 0.1) is 0 Å². The molecule has 0 aromatic heterocycles. The Morgan fingerprint density at radius 3 is 2.18 bits per heavy atom. The van der Waals surface area contributed by atoms with Gasteiger partial charge in [0, 0.05) is 13.5 Å². The second-order valence-corrected chi connectivity index (χ2v) is 6.29. The lowest BCUT2D eigenvalue weighted by Crippen LogP contribution is -2.23. The number of carbonyl (C=O) groups excluding carboxylic acids is 1. The summed E-state index contributed by atoms with van der Waals surface area (Å²) in [5, 5.41) is 0. The van der Waals surface area contributed by atoms with Crippen molar-refractivity contribution in [3.8, 4) is 0 Å². The predicted molar refractivity (Wildman–Crippen MR) is 89.8 cm³/mol. The van der Waals surface area contributed by atoms with Gasteiger partial charge < -0.3 is 4.74 Å². The first-order chi connectivity index (χ1) is 10.6. The van der Waals surface area contributed by atoms with Crippen LogP contribution in [0.15, 0.2) is 24.3 Å². The van der Waals surface area contributed by atoms with E-state index in [0.717, 1.165) is 45.3 Å². The van der Waals surface area contributed by atoms with Gasteiger partial charge in [-0.15, -0.1) is 0 Å². The molecule has 0 bridgehead atoms. The molecule has 1 aromatic rings. The van der Waals surface area contributed by atoms with Crippen LogP contribution in [0.3, 0.4) is 0 Å². The van der Waals surface area contributed by atoms with Gasteiger partial charge in [0.25, 0.3) is 0 Å². The SMILES string of the molecule is CCN(CC)Cc1ccc([C@H]2CC[C@H](OC(C)=O)CC2)cc1. The van der Waals surface area contributed by atoms with Crippen LogP contribution in [-0.2, 0) is 16.1 Å². The number of esters is 1. The molecule has 3 heteroatoms. The second kappa shape index (κ2) is 8.33. The topological polar surface area (TPSA) is 29.5 Å². The van der Waals surface area contributed by atoms with E-state index in [0.29, 0.717) is 5.92 Å². The summed E-state index contributed by atoms with van der Waals surface area (Å²) in [5.74, 6) is 0.471. The third-order valence-corrected chi connectivity index (χ3v) is 4.76. The van der Waals surface area contributed by atoms with Crippen molar-refractivity contribution in [1.29, 1.82) is 0 Å². The fraction of sp³-hybridized carbons (Fsp3) is 0.632. The minimum Gasteiger partial charge on any atom is -0.463 e. The van der Waals surface area contributed by atoms with E-state index in [2.05, 4.69) is 43.0 Å². The molecule has 0 unspecified atom stereocenters. The van der Waals surface area contributed by atoms with Crippen LogP contribution in [0, 0.1) is 0 Å². The monoisotopic (exact) mass is 303 g/mol. The van der Waals surface area contributed by atoms with Gasteiger partial charge in [-0.25, -0.2) is 0 Å². The first-order valence-electron chi connectivity index (χ1n) is 8.60. The average Bonchev–Trinajstić information content (AvgIpc) is 2.53. The van der Waals surface area contributed by atoms with Crippen molar-refractivity contribution in [3.63, 3.8) is 0 Å². The minimum atomic E-state index is -0.149. The number of hydrogen-bond acceptors (Lipinski definition) is 3. The molecule has 122 valence electrons. The molecule has 0 heterocycles. The average molecular weight is 303 g/mol. The fourth-order valence-electron chi connectivity index (χ4n) is 3.35. The Morgan fingerprint density at radius 1 is 1.09 bits per heavy atom. The molecule has 0 saturated heterocycles. The summed E-state index contributed by atoms with van der Waals surface area (Å²) in [6, 6.07) is 9.11. The zero-order chi connectivity index (χ0) is 15.9. The van der Waals surface area contributed by atoms with Gasteiger partial charge in [0.1, 0.15) is 6.10 Å². The molecule has 0 radical (unpaired) electrons. The predicted octanol–water partition coefficient (Wildman–Crippen LogP) is 4.12. The van der Waals surface area contributed by atoms with Gasteiger partial charge in [0.15, 0.2) is 0 Å². The molecule has 3 nitrogen and oxygen atoms in total. The van der Waals surface area contributed by atoms with Crippen LogP contribution in [0.2, 0.25) is 0 Å². The highest BCUT2D eigenvalue weighted by Crippen LogP contribution is 2.34. The fourth-order valence-corrected chi connectivity index (χ4v) is 3.35. The normalized spacial score (nSPS) is 21.8. The van der Waals surface area contributed by atoms with Crippen molar-refractivity contribution < 1.29 is 9.53 Å². The lowest BCUT2D eigenvalue weighted by molar-refractivity contribution is -0.147. The lowest BCUT2D eigenvalue weighted by Gasteiger charge is -2.28. The molecule has 0 aliphatic heterocycles. The van der Waals surface area contributed by atoms with Crippen LogP contribution in [0.1, 0.15) is 63.5 Å². The van der Waals surface area contributed by atoms with Crippen LogP contribution >= 0.6 is 0 Å². The number of ether oxygens (including phenoxy) is 1. The molecule has 1 fully saturated rings. The number of nitrogens with zero attached hydrogens (tertiary/aromatic N) is 1. The third-order valence-electron chi connectivity index (χ3n) is 4.76. The summed E-state index contributed by atoms with van der Waals surface area (Å²) in [4.78, 5) is 13.4. The van der Waals surface area contributed by atoms with E-state index >= 15 is 0 Å². The summed E-state index contributed by atoms with van der Waals surface area (Å²) in [6.45, 7) is 9.14. The van der Waals surface area contributed by atoms with E-state index in [-0.39, 0.29) is 12.1 Å². The minimum absolute atomic E-state index is 0.135. The summed E-state index contributed by atoms with van der Waals surface area (Å²) in [6.07, 6.45) is 4.35. The van der Waals surface area contributed by atoms with Gasteiger partial charge in [-0.1, -0.05) is 38.1 Å². The maximum Gasteiger partial charge on any atom is 0.302 e. The molecule has 0 spiro atoms. The van der Waals surface area contributed by atoms with Crippen molar-refractivity contribution in [2.24, 2.45) is 0 Å². The number of rotatable bonds is 6. The molecule has 0 amide bonds. The summed E-state index contributed by atoms with van der Waals surface area (Å²) in [7, 11) is 0. The van der Waals surface area contributed by atoms with Crippen molar-refractivity contribution in [2.75, 3.05) is 13.1 Å². The molecular formula is C19H29NO2. The Hall–Kier alpha value is -1.35. The highest BCUT2D eigenvalue weighted by Gasteiger charge is 2.24. The smallest absolute Gasteiger partial charge is 0.302 e. The van der Waals surface area contributed by atoms with E-state index in [1.54, 1.807) is 0 Å². The van der Waals surface area contributed by atoms with E-state index in [4.69, 9.17) is 4.74 Å². The molecule has 1 aliphatic rings. The highest BCUT2D eigenvalue weighted by molar-refractivity contribution is 5.66. The lowest BCUT2D eigenvalue weighted by atomic mass is 9.82. The molecule has 0 atom stereocenters. The van der Waals surface area contributed by atoms with Crippen LogP contribution < -0.4 is 0 Å². The molecule has 1 aliphatic carbocycles. The highest BCUT2D eigenvalue weighted by atomic mass is 16.5. The molecule has 1 saturated carbocycles. The quantitative estimate of drug-likeness (QED) is 0.740. The summed E-state index contributed by atoms with van der Waals surface area (Å²) >= 11 is 0. The van der Waals surface area contributed by atoms with Crippen LogP contribution in [0.25, 0.3) is 0 Å². The van der Waals surface area contributed by atoms with Gasteiger partial charge in [0.2, 0.25) is 0 Å². The van der Waals surface area contributed by atoms with E-state index in [1.165, 1.54) is 18.1 Å². The summed E-state index contributed by atoms with van der Waals surface area (Å²) in [5.41, 5.74) is 2.82. The first-order valence-corrected chi connectivity index (χ1v) is 8.60. The van der Waals surface area contributed by atoms with Crippen molar-refractivity contribution in [2.45, 2.75) is 65.0 Å². The van der Waals surface area contributed by atoms with Crippen LogP contribution in [0.4, 0.5) is 0 Å². The second-order valence-electron chi connectivity index (χ2n) is 6.29. The number of benzene rings is 1. The maximum absolute atomic E-state index is 11.0. The molecule has 2 rings (SSSR count). The van der Waals surface area contributed by atoms with Crippen molar-refractivity contribution in [1.82, 2.24) is 4.90 Å². The van der Waals surface area contributed by atoms with Gasteiger partial charge >= 0.3 is 5.97 Å². The van der Waals surface area contributed by atoms with Gasteiger partial charge in [-0.2, -0.15) is 0 Å². The summed E-state index contributed by atoms with van der Waals surface area (Å²) < 4.78 is 5.32. The zero-order valence-electron chi connectivity index (χ0n) is 14.2. The molecular weight excluding hydrogens is 274 g/mol. The Kier molecular flexibility index (Phi) is 6.44. The van der Waals surface area contributed by atoms with Gasteiger partial charge in [-0.05, 0) is 55.8 Å². The Bertz CT molecular complexity index is 457. The standard InChI is InChI=1S/C19H29NO2/c1-4-20(5-2)14-16-6-8-17(9-7-16)18-10-12-19(13-11-18)22-15(3)21/h6-9,18-19H,4-5,10-14H2,1-3H3/t18-,19-. The maximum atomic E-state index is 11.0. The number of carbonyl (C=O) groups is 1. The first kappa shape index (κ1) is 17.0. The molecule has 1 aromatic carbocycles. The molecule has 22 heavy (non-hydrogen) atoms. The Morgan fingerprint density at radius 2 is 1.68 bits per heavy atom. The van der Waals surface area contributed by atoms with Crippen molar-refractivity contribution >= 4 is 5.97 Å². The Balaban J connectivity index is 1.87. The van der Waals surface area contributed by atoms with Crippen LogP contribution in [-0.4, -0.2) is 30.1 Å². The zero-order valence-corrected chi connectivity index (χ0v) is 14.2. The van der Waals surface area contributed by atoms with Crippen molar-refractivity contribution in [3.05, 3.63) is 35.4 Å². The number of hydrogen-bond donors (Lipinski definition) is 0. The Labute approximate surface area is 134 Å². The van der Waals surface area contributed by atoms with Gasteiger partial charge in [-0.3, -0.25) is 9.69 Å². The van der Waals surface area contributed by atoms with E-state index in [1.807, 2.05) is 0 Å².